The first kappa shape index (κ1) is 24.4. The zero-order chi connectivity index (χ0) is 17.2. The standard InChI is InChI=1S/C8H6Cl12O/c9-1(3(11)12)7(17,18)5(15)21-6(16)8(19,20)2(10)4(13)14/h1-6H. The quantitative estimate of drug-likeness (QED) is 0.292. The molecule has 0 rings (SSSR count). The van der Waals surface area contributed by atoms with Crippen LogP contribution in [0.1, 0.15) is 0 Å². The van der Waals surface area contributed by atoms with Gasteiger partial charge in [-0.2, -0.15) is 0 Å². The molecule has 128 valence electrons. The number of halogens is 12. The number of hydrogen-bond donors (Lipinski definition) is 0. The maximum atomic E-state index is 5.95. The van der Waals surface area contributed by atoms with Gasteiger partial charge in [0, 0.05) is 0 Å². The lowest BCUT2D eigenvalue weighted by atomic mass is 10.3. The van der Waals surface area contributed by atoms with Crippen molar-refractivity contribution < 1.29 is 4.74 Å². The molecule has 0 saturated heterocycles. The van der Waals surface area contributed by atoms with Crippen molar-refractivity contribution in [2.75, 3.05) is 0 Å². The van der Waals surface area contributed by atoms with Crippen molar-refractivity contribution in [1.82, 2.24) is 0 Å². The molecule has 4 unspecified atom stereocenters. The van der Waals surface area contributed by atoms with Gasteiger partial charge in [-0.05, 0) is 0 Å². The molecule has 0 aliphatic rings. The van der Waals surface area contributed by atoms with Crippen LogP contribution in [-0.4, -0.2) is 40.2 Å². The fourth-order valence-corrected chi connectivity index (χ4v) is 3.78. The molecule has 0 aliphatic heterocycles. The second-order valence-electron chi connectivity index (χ2n) is 3.59. The van der Waals surface area contributed by atoms with Crippen LogP contribution in [0.5, 0.6) is 0 Å². The van der Waals surface area contributed by atoms with Gasteiger partial charge in [-0.3, -0.25) is 0 Å². The van der Waals surface area contributed by atoms with Crippen LogP contribution in [0.25, 0.3) is 0 Å². The maximum Gasteiger partial charge on any atom is 0.176 e. The molecular weight excluding hydrogens is 538 g/mol. The topological polar surface area (TPSA) is 9.23 Å². The molecule has 0 amide bonds. The van der Waals surface area contributed by atoms with Gasteiger partial charge in [-0.1, -0.05) is 69.6 Å². The number of rotatable bonds is 8. The molecule has 21 heavy (non-hydrogen) atoms. The molecule has 0 aromatic heterocycles. The van der Waals surface area contributed by atoms with Crippen LogP contribution in [0.3, 0.4) is 0 Å². The van der Waals surface area contributed by atoms with Crippen LogP contribution in [0.2, 0.25) is 0 Å². The highest BCUT2D eigenvalue weighted by atomic mass is 35.5. The van der Waals surface area contributed by atoms with Crippen LogP contribution in [0, 0.1) is 0 Å². The van der Waals surface area contributed by atoms with Crippen molar-refractivity contribution in [3.8, 4) is 0 Å². The molecule has 1 nitrogen and oxygen atoms in total. The molecule has 0 bridgehead atoms. The smallest absolute Gasteiger partial charge is 0.176 e. The molecule has 0 aliphatic carbocycles. The van der Waals surface area contributed by atoms with Crippen LogP contribution in [-0.2, 0) is 4.74 Å². The van der Waals surface area contributed by atoms with Gasteiger partial charge in [0.05, 0.1) is 0 Å². The second kappa shape index (κ2) is 9.95. The minimum absolute atomic E-state index is 1.13. The van der Waals surface area contributed by atoms with Gasteiger partial charge < -0.3 is 4.74 Å². The minimum Gasteiger partial charge on any atom is -0.337 e. The summed E-state index contributed by atoms with van der Waals surface area (Å²) < 4.78 is 1.31. The van der Waals surface area contributed by atoms with Crippen LogP contribution >= 0.6 is 139 Å². The van der Waals surface area contributed by atoms with E-state index in [2.05, 4.69) is 0 Å². The Morgan fingerprint density at radius 2 is 0.762 bits per heavy atom. The number of ether oxygens (including phenoxy) is 1. The van der Waals surface area contributed by atoms with Crippen molar-refractivity contribution in [1.29, 1.82) is 0 Å². The largest absolute Gasteiger partial charge is 0.337 e. The monoisotopic (exact) mass is 538 g/mol. The molecule has 0 fully saturated rings. The number of alkyl halides is 12. The lowest BCUT2D eigenvalue weighted by molar-refractivity contribution is 0.0622. The molecule has 0 radical (unpaired) electrons. The zero-order valence-corrected chi connectivity index (χ0v) is 18.5. The molecule has 0 aromatic carbocycles. The fraction of sp³-hybridized carbons (Fsp3) is 1.00. The highest BCUT2D eigenvalue weighted by Gasteiger charge is 2.50. The van der Waals surface area contributed by atoms with E-state index in [9.17, 15) is 0 Å². The van der Waals surface area contributed by atoms with Crippen molar-refractivity contribution in [2.24, 2.45) is 0 Å². The first-order valence-electron chi connectivity index (χ1n) is 4.79. The maximum absolute atomic E-state index is 5.95. The molecule has 13 heteroatoms. The predicted molar refractivity (Wildman–Crippen MR) is 99.5 cm³/mol. The van der Waals surface area contributed by atoms with E-state index in [-0.39, 0.29) is 0 Å². The molecule has 0 heterocycles. The van der Waals surface area contributed by atoms with Crippen molar-refractivity contribution >= 4 is 139 Å². The first-order chi connectivity index (χ1) is 9.26. The van der Waals surface area contributed by atoms with Gasteiger partial charge in [0.15, 0.2) is 19.8 Å². The fourth-order valence-electron chi connectivity index (χ4n) is 0.873. The lowest BCUT2D eigenvalue weighted by Crippen LogP contribution is -2.47. The Balaban J connectivity index is 4.96. The highest BCUT2D eigenvalue weighted by Crippen LogP contribution is 2.45. The van der Waals surface area contributed by atoms with Crippen molar-refractivity contribution in [2.45, 2.75) is 40.2 Å². The summed E-state index contributed by atoms with van der Waals surface area (Å²) in [6.07, 6.45) is 0. The van der Waals surface area contributed by atoms with Gasteiger partial charge in [-0.15, -0.1) is 69.6 Å². The summed E-state index contributed by atoms with van der Waals surface area (Å²) in [6, 6.07) is 0. The Morgan fingerprint density at radius 3 is 0.952 bits per heavy atom. The zero-order valence-electron chi connectivity index (χ0n) is 9.41. The van der Waals surface area contributed by atoms with E-state index in [1.54, 1.807) is 0 Å². The van der Waals surface area contributed by atoms with Crippen molar-refractivity contribution in [3.05, 3.63) is 0 Å². The Kier molecular flexibility index (Phi) is 11.6. The van der Waals surface area contributed by atoms with E-state index in [0.717, 1.165) is 0 Å². The molecule has 0 saturated carbocycles. The molecule has 0 aromatic rings. The summed E-state index contributed by atoms with van der Waals surface area (Å²) in [5.74, 6) is 0. The van der Waals surface area contributed by atoms with Crippen LogP contribution in [0.4, 0.5) is 0 Å². The summed E-state index contributed by atoms with van der Waals surface area (Å²) in [7, 11) is 0. The molecule has 0 N–H and O–H groups in total. The van der Waals surface area contributed by atoms with Crippen LogP contribution in [0.15, 0.2) is 0 Å². The summed E-state index contributed by atoms with van der Waals surface area (Å²) in [5, 5.41) is -2.37. The Bertz CT molecular complexity index is 290. The SMILES string of the molecule is ClC(Cl)C(Cl)C(Cl)(Cl)C(Cl)OC(Cl)C(Cl)(Cl)C(Cl)C(Cl)Cl. The Hall–Kier alpha value is 3.44. The van der Waals surface area contributed by atoms with E-state index in [1.807, 2.05) is 0 Å². The number of hydrogen-bond acceptors (Lipinski definition) is 1. The van der Waals surface area contributed by atoms with Gasteiger partial charge in [0.1, 0.15) is 20.4 Å². The van der Waals surface area contributed by atoms with E-state index < -0.39 is 40.2 Å². The highest BCUT2D eigenvalue weighted by molar-refractivity contribution is 6.60. The van der Waals surface area contributed by atoms with Crippen molar-refractivity contribution in [3.63, 3.8) is 0 Å². The van der Waals surface area contributed by atoms with E-state index in [1.165, 1.54) is 0 Å². The molecular formula is C8H6Cl12O. The second-order valence-corrected chi connectivity index (χ2v) is 10.5. The average Bonchev–Trinajstić information content (AvgIpc) is 2.35. The van der Waals surface area contributed by atoms with E-state index in [4.69, 9.17) is 144 Å². The van der Waals surface area contributed by atoms with Gasteiger partial charge in [-0.25, -0.2) is 0 Å². The normalized spacial score (nSPS) is 19.7. The third-order valence-electron chi connectivity index (χ3n) is 2.02. The Labute approximate surface area is 182 Å². The summed E-state index contributed by atoms with van der Waals surface area (Å²) >= 11 is 69.6. The molecule has 0 spiro atoms. The summed E-state index contributed by atoms with van der Waals surface area (Å²) in [5.41, 5.74) is -2.95. The van der Waals surface area contributed by atoms with Crippen LogP contribution < -0.4 is 0 Å². The van der Waals surface area contributed by atoms with E-state index in [0.29, 0.717) is 0 Å². The predicted octanol–water partition coefficient (Wildman–Crippen LogP) is 7.30. The summed E-state index contributed by atoms with van der Waals surface area (Å²) in [6.45, 7) is 0. The molecule has 4 atom stereocenters. The lowest BCUT2D eigenvalue weighted by Gasteiger charge is -2.35. The van der Waals surface area contributed by atoms with Gasteiger partial charge in [0.25, 0.3) is 0 Å². The third-order valence-corrected chi connectivity index (χ3v) is 8.26. The third kappa shape index (κ3) is 6.93. The van der Waals surface area contributed by atoms with Gasteiger partial charge in [0.2, 0.25) is 0 Å². The average molecular weight is 544 g/mol. The summed E-state index contributed by atoms with van der Waals surface area (Å²) in [4.78, 5) is -2.26. The first-order valence-corrected chi connectivity index (χ1v) is 9.80. The van der Waals surface area contributed by atoms with Gasteiger partial charge >= 0.3 is 0 Å². The Morgan fingerprint density at radius 1 is 0.524 bits per heavy atom. The minimum atomic E-state index is -1.91. The van der Waals surface area contributed by atoms with E-state index >= 15 is 0 Å².